The molecule has 0 saturated carbocycles. The molecule has 2 heteroatoms. The maximum absolute atomic E-state index is 5.36. The molecule has 0 N–H and O–H groups in total. The number of ether oxygens (including phenoxy) is 1. The van der Waals surface area contributed by atoms with E-state index in [2.05, 4.69) is 42.0 Å². The predicted octanol–water partition coefficient (Wildman–Crippen LogP) is 1.64. The molecule has 2 aromatic rings. The van der Waals surface area contributed by atoms with Crippen LogP contribution >= 0.6 is 0 Å². The fourth-order valence-corrected chi connectivity index (χ4v) is 1.62. The van der Waals surface area contributed by atoms with Crippen molar-refractivity contribution in [2.45, 2.75) is 0 Å². The van der Waals surface area contributed by atoms with Crippen LogP contribution in [-0.4, -0.2) is 24.8 Å². The van der Waals surface area contributed by atoms with Gasteiger partial charge in [0.2, 0.25) is 0 Å². The van der Waals surface area contributed by atoms with Gasteiger partial charge in [-0.3, -0.25) is 0 Å². The Labute approximate surface area is 86.9 Å². The predicted molar refractivity (Wildman–Crippen MR) is 55.9 cm³/mol. The standard InChI is InChI=1S/C11H9O.Li/c1-12-11-8-4-6-9-5-2-3-7-10(9)11;/h2-7H,1H3;. The third-order valence-corrected chi connectivity index (χ3v) is 2.28. The molecule has 0 aromatic heterocycles. The molecule has 0 bridgehead atoms. The summed E-state index contributed by atoms with van der Waals surface area (Å²) in [4.78, 5) is 0. The van der Waals surface area contributed by atoms with Crippen LogP contribution in [0.2, 0.25) is 0 Å². The first kappa shape index (κ1) is 8.68. The van der Waals surface area contributed by atoms with Crippen LogP contribution in [0.15, 0.2) is 36.4 Å². The SMILES string of the molecule is [Li][c]1ccc2ccccc2c1OC. The van der Waals surface area contributed by atoms with Gasteiger partial charge in [-0.2, -0.15) is 0 Å². The van der Waals surface area contributed by atoms with Gasteiger partial charge in [0.1, 0.15) is 0 Å². The second kappa shape index (κ2) is 3.45. The summed E-state index contributed by atoms with van der Waals surface area (Å²) >= 11 is 2.06. The molecule has 0 heterocycles. The van der Waals surface area contributed by atoms with Gasteiger partial charge in [-0.15, -0.1) is 0 Å². The number of methoxy groups -OCH3 is 1. The second-order valence-corrected chi connectivity index (χ2v) is 3.14. The first-order valence-corrected chi connectivity index (χ1v) is 4.35. The van der Waals surface area contributed by atoms with Crippen LogP contribution in [-0.2, 0) is 0 Å². The van der Waals surface area contributed by atoms with Gasteiger partial charge in [0.25, 0.3) is 0 Å². The molecule has 0 fully saturated rings. The normalized spacial score (nSPS) is 10.4. The van der Waals surface area contributed by atoms with E-state index in [0.29, 0.717) is 0 Å². The molecule has 2 rings (SSSR count). The minimum atomic E-state index is 0.984. The summed E-state index contributed by atoms with van der Waals surface area (Å²) in [5, 5.41) is 2.41. The van der Waals surface area contributed by atoms with E-state index in [4.69, 9.17) is 4.74 Å². The Kier molecular flexibility index (Phi) is 2.31. The molecule has 2 aromatic carbocycles. The summed E-state index contributed by atoms with van der Waals surface area (Å²) in [7, 11) is 1.72. The van der Waals surface area contributed by atoms with Gasteiger partial charge in [0, 0.05) is 0 Å². The van der Waals surface area contributed by atoms with Gasteiger partial charge in [0.15, 0.2) is 0 Å². The van der Waals surface area contributed by atoms with Crippen LogP contribution in [0.1, 0.15) is 0 Å². The van der Waals surface area contributed by atoms with Crippen LogP contribution in [0.4, 0.5) is 0 Å². The zero-order chi connectivity index (χ0) is 9.26. The first-order chi connectivity index (χ1) is 6.33. The number of hydrogen-bond acceptors (Lipinski definition) is 1. The van der Waals surface area contributed by atoms with Crippen LogP contribution in [0.3, 0.4) is 0 Å². The van der Waals surface area contributed by atoms with Crippen molar-refractivity contribution in [1.82, 2.24) is 0 Å². The molecule has 1 nitrogen and oxygen atoms in total. The number of rotatable bonds is 1. The van der Waals surface area contributed by atoms with Crippen LogP contribution in [0.25, 0.3) is 10.8 Å². The maximum atomic E-state index is 5.36. The van der Waals surface area contributed by atoms with Crippen molar-refractivity contribution in [1.29, 1.82) is 0 Å². The average molecular weight is 164 g/mol. The van der Waals surface area contributed by atoms with E-state index in [1.807, 2.05) is 12.1 Å². The summed E-state index contributed by atoms with van der Waals surface area (Å²) < 4.78 is 6.54. The van der Waals surface area contributed by atoms with Gasteiger partial charge in [-0.25, -0.2) is 0 Å². The monoisotopic (exact) mass is 164 g/mol. The van der Waals surface area contributed by atoms with Crippen molar-refractivity contribution in [2.75, 3.05) is 7.11 Å². The van der Waals surface area contributed by atoms with E-state index >= 15 is 0 Å². The summed E-state index contributed by atoms with van der Waals surface area (Å²) in [6.45, 7) is 0. The number of fused-ring (bicyclic) bond motifs is 1. The second-order valence-electron chi connectivity index (χ2n) is 3.14. The van der Waals surface area contributed by atoms with Crippen LogP contribution in [0.5, 0.6) is 5.75 Å². The van der Waals surface area contributed by atoms with E-state index in [1.165, 1.54) is 15.0 Å². The van der Waals surface area contributed by atoms with Crippen molar-refractivity contribution in [3.05, 3.63) is 36.4 Å². The summed E-state index contributed by atoms with van der Waals surface area (Å²) in [6.07, 6.45) is 0. The zero-order valence-electron chi connectivity index (χ0n) is 7.87. The average Bonchev–Trinajstić information content (AvgIpc) is 2.18. The van der Waals surface area contributed by atoms with Crippen molar-refractivity contribution in [2.24, 2.45) is 0 Å². The van der Waals surface area contributed by atoms with Crippen molar-refractivity contribution in [3.8, 4) is 5.75 Å². The van der Waals surface area contributed by atoms with Gasteiger partial charge >= 0.3 is 86.7 Å². The first-order valence-electron chi connectivity index (χ1n) is 4.35. The minimum absolute atomic E-state index is 0.984. The summed E-state index contributed by atoms with van der Waals surface area (Å²) in [6, 6.07) is 12.5. The van der Waals surface area contributed by atoms with Crippen LogP contribution in [0, 0.1) is 0 Å². The number of hydrogen-bond donors (Lipinski definition) is 0. The Morgan fingerprint density at radius 3 is 2.62 bits per heavy atom. The van der Waals surface area contributed by atoms with Gasteiger partial charge < -0.3 is 0 Å². The van der Waals surface area contributed by atoms with Gasteiger partial charge in [0.05, 0.1) is 0 Å². The van der Waals surface area contributed by atoms with Gasteiger partial charge in [-0.05, 0) is 0 Å². The van der Waals surface area contributed by atoms with E-state index < -0.39 is 0 Å². The van der Waals surface area contributed by atoms with Crippen molar-refractivity contribution < 1.29 is 4.74 Å². The Balaban J connectivity index is 2.84. The molecule has 0 atom stereocenters. The molecular formula is C11H9LiO. The molecular weight excluding hydrogens is 155 g/mol. The molecule has 0 spiro atoms. The van der Waals surface area contributed by atoms with Crippen molar-refractivity contribution >= 4 is 32.7 Å². The fourth-order valence-electron chi connectivity index (χ4n) is 1.62. The Hall–Kier alpha value is -0.903. The molecule has 60 valence electrons. The molecule has 0 aliphatic heterocycles. The van der Waals surface area contributed by atoms with Gasteiger partial charge in [-0.1, -0.05) is 0 Å². The quantitative estimate of drug-likeness (QED) is 0.582. The molecule has 0 saturated heterocycles. The molecule has 13 heavy (non-hydrogen) atoms. The molecule has 0 aliphatic carbocycles. The van der Waals surface area contributed by atoms with E-state index in [1.54, 1.807) is 7.11 Å². The fraction of sp³-hybridized carbons (Fsp3) is 0.0909. The number of benzene rings is 2. The van der Waals surface area contributed by atoms with E-state index in [0.717, 1.165) is 5.75 Å². The zero-order valence-corrected chi connectivity index (χ0v) is 7.87. The topological polar surface area (TPSA) is 9.23 Å². The third-order valence-electron chi connectivity index (χ3n) is 2.28. The molecule has 0 radical (unpaired) electrons. The Bertz CT molecular complexity index is 437. The Morgan fingerprint density at radius 2 is 1.85 bits per heavy atom. The molecule has 0 amide bonds. The summed E-state index contributed by atoms with van der Waals surface area (Å²) in [5.74, 6) is 0.984. The molecule has 0 unspecified atom stereocenters. The van der Waals surface area contributed by atoms with E-state index in [9.17, 15) is 0 Å². The van der Waals surface area contributed by atoms with Crippen molar-refractivity contribution in [3.63, 3.8) is 0 Å². The van der Waals surface area contributed by atoms with Crippen LogP contribution < -0.4 is 8.97 Å². The Morgan fingerprint density at radius 1 is 1.08 bits per heavy atom. The molecule has 0 aliphatic rings. The van der Waals surface area contributed by atoms with E-state index in [-0.39, 0.29) is 0 Å². The third kappa shape index (κ3) is 1.46. The summed E-state index contributed by atoms with van der Waals surface area (Å²) in [5.41, 5.74) is 0.